The molecule has 0 bridgehead atoms. The van der Waals surface area contributed by atoms with Gasteiger partial charge in [0.15, 0.2) is 0 Å². The normalized spacial score (nSPS) is 14.5. The van der Waals surface area contributed by atoms with E-state index in [1.165, 1.54) is 12.1 Å². The molecule has 0 spiro atoms. The summed E-state index contributed by atoms with van der Waals surface area (Å²) in [5.41, 5.74) is 4.73. The fourth-order valence-electron chi connectivity index (χ4n) is 5.13. The van der Waals surface area contributed by atoms with Crippen LogP contribution in [0, 0.1) is 5.82 Å². The number of hydrogen-bond donors (Lipinski definition) is 1. The highest BCUT2D eigenvalue weighted by Crippen LogP contribution is 2.39. The summed E-state index contributed by atoms with van der Waals surface area (Å²) in [5, 5.41) is 8.38. The number of rotatable bonds is 4. The molecule has 5 aromatic rings. The summed E-state index contributed by atoms with van der Waals surface area (Å²) < 4.78 is 18.5. The lowest BCUT2D eigenvalue weighted by Gasteiger charge is -2.31. The van der Waals surface area contributed by atoms with Crippen LogP contribution in [-0.4, -0.2) is 25.3 Å². The van der Waals surface area contributed by atoms with Gasteiger partial charge in [-0.3, -0.25) is 0 Å². The first kappa shape index (κ1) is 24.0. The Kier molecular flexibility index (Phi) is 6.21. The van der Waals surface area contributed by atoms with Crippen molar-refractivity contribution in [2.75, 3.05) is 5.32 Å². The topological polar surface area (TPSA) is 55.1 Å². The first-order chi connectivity index (χ1) is 18.5. The number of aryl methyl sites for hydroxylation is 1. The highest BCUT2D eigenvalue weighted by molar-refractivity contribution is 6.33. The Morgan fingerprint density at radius 2 is 1.82 bits per heavy atom. The van der Waals surface area contributed by atoms with Crippen LogP contribution < -0.4 is 5.32 Å². The molecule has 6 rings (SSSR count). The Labute approximate surface area is 224 Å². The van der Waals surface area contributed by atoms with Crippen LogP contribution in [0.1, 0.15) is 35.5 Å². The number of nitrogens with one attached hydrogen (secondary N) is 1. The molecule has 0 saturated carbocycles. The number of fused-ring (bicyclic) bond motifs is 3. The van der Waals surface area contributed by atoms with Crippen LogP contribution >= 0.6 is 11.6 Å². The Morgan fingerprint density at radius 1 is 1.03 bits per heavy atom. The van der Waals surface area contributed by atoms with Crippen molar-refractivity contribution in [2.24, 2.45) is 0 Å². The van der Waals surface area contributed by atoms with Gasteiger partial charge in [-0.15, -0.1) is 0 Å². The van der Waals surface area contributed by atoms with Crippen molar-refractivity contribution in [3.05, 3.63) is 131 Å². The van der Waals surface area contributed by atoms with Crippen LogP contribution in [0.15, 0.2) is 97.2 Å². The molecule has 8 heteroatoms. The molecule has 190 valence electrons. The van der Waals surface area contributed by atoms with Gasteiger partial charge < -0.3 is 14.8 Å². The molecule has 3 aromatic carbocycles. The zero-order valence-corrected chi connectivity index (χ0v) is 21.4. The van der Waals surface area contributed by atoms with E-state index in [1.807, 2.05) is 71.5 Å². The molecule has 0 radical (unpaired) electrons. The maximum Gasteiger partial charge on any atom is 0.323 e. The standard InChI is InChI=1S/C30H25ClFN5O/c1-2-25-23-19-36(30(38)33-26-15-7-6-14-24(26)31)28(20-10-8-11-21(32)18-20)27-16-9-17-35(27)29(23)37(34-25)22-12-4-3-5-13-22/h3-18,28H,2,19H2,1H3,(H,33,38)/t28-/m1/s1. The minimum absolute atomic E-state index is 0.268. The van der Waals surface area contributed by atoms with Gasteiger partial charge in [-0.05, 0) is 60.5 Å². The zero-order valence-electron chi connectivity index (χ0n) is 20.7. The van der Waals surface area contributed by atoms with Gasteiger partial charge in [0.2, 0.25) is 0 Å². The summed E-state index contributed by atoms with van der Waals surface area (Å²) in [4.78, 5) is 15.7. The van der Waals surface area contributed by atoms with E-state index in [9.17, 15) is 9.18 Å². The zero-order chi connectivity index (χ0) is 26.2. The lowest BCUT2D eigenvalue weighted by Crippen LogP contribution is -2.38. The van der Waals surface area contributed by atoms with Gasteiger partial charge in [-0.2, -0.15) is 5.10 Å². The van der Waals surface area contributed by atoms with E-state index in [0.717, 1.165) is 28.5 Å². The monoisotopic (exact) mass is 525 g/mol. The summed E-state index contributed by atoms with van der Waals surface area (Å²) >= 11 is 6.38. The fourth-order valence-corrected chi connectivity index (χ4v) is 5.31. The lowest BCUT2D eigenvalue weighted by molar-refractivity contribution is 0.194. The smallest absolute Gasteiger partial charge is 0.307 e. The predicted octanol–water partition coefficient (Wildman–Crippen LogP) is 7.16. The summed E-state index contributed by atoms with van der Waals surface area (Å²) in [7, 11) is 0. The molecule has 0 unspecified atom stereocenters. The van der Waals surface area contributed by atoms with Crippen molar-refractivity contribution in [1.29, 1.82) is 0 Å². The number of urea groups is 1. The van der Waals surface area contributed by atoms with Crippen LogP contribution in [0.2, 0.25) is 5.02 Å². The number of nitrogens with zero attached hydrogens (tertiary/aromatic N) is 4. The highest BCUT2D eigenvalue weighted by Gasteiger charge is 2.36. The highest BCUT2D eigenvalue weighted by atomic mass is 35.5. The van der Waals surface area contributed by atoms with E-state index in [0.29, 0.717) is 22.7 Å². The van der Waals surface area contributed by atoms with Crippen LogP contribution in [0.5, 0.6) is 0 Å². The van der Waals surface area contributed by atoms with E-state index in [2.05, 4.69) is 16.8 Å². The largest absolute Gasteiger partial charge is 0.323 e. The Morgan fingerprint density at radius 3 is 2.58 bits per heavy atom. The second-order valence-electron chi connectivity index (χ2n) is 9.15. The number of anilines is 1. The second-order valence-corrected chi connectivity index (χ2v) is 9.56. The van der Waals surface area contributed by atoms with Gasteiger partial charge in [0.1, 0.15) is 11.6 Å². The van der Waals surface area contributed by atoms with Crippen molar-refractivity contribution >= 4 is 23.3 Å². The Hall–Kier alpha value is -4.36. The minimum Gasteiger partial charge on any atom is -0.307 e. The number of para-hydroxylation sites is 2. The number of aromatic nitrogens is 3. The Bertz CT molecular complexity index is 1630. The molecule has 1 aliphatic rings. The minimum atomic E-state index is -0.565. The van der Waals surface area contributed by atoms with Crippen LogP contribution in [-0.2, 0) is 13.0 Å². The number of carbonyl (C=O) groups excluding carboxylic acids is 1. The molecule has 3 heterocycles. The van der Waals surface area contributed by atoms with E-state index in [1.54, 1.807) is 23.1 Å². The van der Waals surface area contributed by atoms with E-state index in [4.69, 9.17) is 16.7 Å². The van der Waals surface area contributed by atoms with Crippen LogP contribution in [0.3, 0.4) is 0 Å². The van der Waals surface area contributed by atoms with Gasteiger partial charge in [0, 0.05) is 11.8 Å². The molecule has 2 aromatic heterocycles. The molecule has 2 amide bonds. The summed E-state index contributed by atoms with van der Waals surface area (Å²) in [6, 6.07) is 26.4. The second kappa shape index (κ2) is 9.84. The SMILES string of the molecule is CCc1nn(-c2ccccc2)c2c1CN(C(=O)Nc1ccccc1Cl)[C@H](c1cccc(F)c1)c1cccn1-2. The third kappa shape index (κ3) is 4.15. The average molecular weight is 526 g/mol. The van der Waals surface area contributed by atoms with Gasteiger partial charge in [0.05, 0.1) is 40.4 Å². The average Bonchev–Trinajstić information content (AvgIpc) is 3.51. The van der Waals surface area contributed by atoms with Crippen molar-refractivity contribution in [3.63, 3.8) is 0 Å². The summed E-state index contributed by atoms with van der Waals surface area (Å²) in [6.07, 6.45) is 2.65. The van der Waals surface area contributed by atoms with Gasteiger partial charge in [0.25, 0.3) is 0 Å². The first-order valence-corrected chi connectivity index (χ1v) is 12.8. The van der Waals surface area contributed by atoms with Gasteiger partial charge in [-0.1, -0.05) is 61.0 Å². The van der Waals surface area contributed by atoms with Gasteiger partial charge >= 0.3 is 6.03 Å². The number of benzene rings is 3. The third-order valence-electron chi connectivity index (χ3n) is 6.84. The summed E-state index contributed by atoms with van der Waals surface area (Å²) in [6.45, 7) is 2.32. The van der Waals surface area contributed by atoms with Crippen molar-refractivity contribution in [3.8, 4) is 11.5 Å². The molecule has 1 atom stereocenters. The maximum absolute atomic E-state index is 14.5. The van der Waals surface area contributed by atoms with Crippen LogP contribution in [0.25, 0.3) is 11.5 Å². The molecule has 6 nitrogen and oxygen atoms in total. The van der Waals surface area contributed by atoms with Crippen molar-refractivity contribution in [1.82, 2.24) is 19.2 Å². The quantitative estimate of drug-likeness (QED) is 0.271. The molecule has 0 fully saturated rings. The molecular weight excluding hydrogens is 501 g/mol. The summed E-state index contributed by atoms with van der Waals surface area (Å²) in [5.74, 6) is 0.501. The number of hydrogen-bond acceptors (Lipinski definition) is 2. The molecule has 1 N–H and O–H groups in total. The van der Waals surface area contributed by atoms with Crippen molar-refractivity contribution in [2.45, 2.75) is 25.9 Å². The van der Waals surface area contributed by atoms with Gasteiger partial charge in [-0.25, -0.2) is 13.9 Å². The third-order valence-corrected chi connectivity index (χ3v) is 7.17. The van der Waals surface area contributed by atoms with Crippen molar-refractivity contribution < 1.29 is 9.18 Å². The number of amides is 2. The Balaban J connectivity index is 1.57. The predicted molar refractivity (Wildman–Crippen MR) is 147 cm³/mol. The first-order valence-electron chi connectivity index (χ1n) is 12.5. The fraction of sp³-hybridized carbons (Fsp3) is 0.133. The molecular formula is C30H25ClFN5O. The van der Waals surface area contributed by atoms with E-state index >= 15 is 0 Å². The van der Waals surface area contributed by atoms with E-state index in [-0.39, 0.29) is 18.4 Å². The molecule has 1 aliphatic heterocycles. The maximum atomic E-state index is 14.5. The van der Waals surface area contributed by atoms with Crippen LogP contribution in [0.4, 0.5) is 14.9 Å². The number of carbonyl (C=O) groups is 1. The molecule has 38 heavy (non-hydrogen) atoms. The molecule has 0 saturated heterocycles. The molecule has 0 aliphatic carbocycles. The number of halogens is 2. The van der Waals surface area contributed by atoms with E-state index < -0.39 is 6.04 Å². The lowest BCUT2D eigenvalue weighted by atomic mass is 10.0.